The van der Waals surface area contributed by atoms with Gasteiger partial charge in [-0.05, 0) is 37.2 Å². The second-order valence-electron chi connectivity index (χ2n) is 7.42. The van der Waals surface area contributed by atoms with E-state index in [2.05, 4.69) is 11.0 Å². The van der Waals surface area contributed by atoms with Crippen molar-refractivity contribution in [1.29, 1.82) is 0 Å². The molecule has 2 bridgehead atoms. The summed E-state index contributed by atoms with van der Waals surface area (Å²) in [7, 11) is 0. The van der Waals surface area contributed by atoms with Crippen LogP contribution in [0.15, 0.2) is 23.0 Å². The lowest BCUT2D eigenvalue weighted by Gasteiger charge is -2.44. The quantitative estimate of drug-likeness (QED) is 0.835. The zero-order chi connectivity index (χ0) is 14.2. The van der Waals surface area contributed by atoms with Crippen LogP contribution in [0.2, 0.25) is 0 Å². The smallest absolute Gasteiger partial charge is 0.250 e. The van der Waals surface area contributed by atoms with Gasteiger partial charge in [-0.2, -0.15) is 0 Å². The Balaban J connectivity index is 1.50. The summed E-state index contributed by atoms with van der Waals surface area (Å²) >= 11 is 0. The van der Waals surface area contributed by atoms with Crippen molar-refractivity contribution in [2.45, 2.75) is 51.0 Å². The Bertz CT molecular complexity index is 559. The molecule has 4 rings (SSSR count). The molecule has 2 aliphatic heterocycles. The maximum Gasteiger partial charge on any atom is 0.250 e. The molecule has 0 unspecified atom stereocenters. The van der Waals surface area contributed by atoms with Crippen LogP contribution in [0.5, 0.6) is 0 Å². The fraction of sp³-hybridized carbons (Fsp3) is 0.722. The molecule has 1 saturated carbocycles. The Hall–Kier alpha value is -1.09. The molecule has 3 heteroatoms. The van der Waals surface area contributed by atoms with Gasteiger partial charge in [-0.15, -0.1) is 0 Å². The van der Waals surface area contributed by atoms with Crippen LogP contribution in [-0.4, -0.2) is 29.1 Å². The van der Waals surface area contributed by atoms with E-state index in [0.717, 1.165) is 19.0 Å². The first-order valence-electron chi connectivity index (χ1n) is 8.71. The molecule has 1 saturated heterocycles. The van der Waals surface area contributed by atoms with Gasteiger partial charge in [0, 0.05) is 43.9 Å². The van der Waals surface area contributed by atoms with Gasteiger partial charge in [-0.3, -0.25) is 4.79 Å². The first kappa shape index (κ1) is 13.6. The average molecular weight is 286 g/mol. The van der Waals surface area contributed by atoms with Gasteiger partial charge in [0.15, 0.2) is 0 Å². The van der Waals surface area contributed by atoms with Gasteiger partial charge in [-0.1, -0.05) is 25.3 Å². The Morgan fingerprint density at radius 1 is 1.05 bits per heavy atom. The van der Waals surface area contributed by atoms with E-state index >= 15 is 0 Å². The predicted octanol–water partition coefficient (Wildman–Crippen LogP) is 2.85. The molecule has 0 N–H and O–H groups in total. The minimum atomic E-state index is 0.197. The van der Waals surface area contributed by atoms with Crippen molar-refractivity contribution in [2.24, 2.45) is 11.8 Å². The van der Waals surface area contributed by atoms with Crippen LogP contribution in [0.4, 0.5) is 0 Å². The van der Waals surface area contributed by atoms with E-state index < -0.39 is 0 Å². The third-order valence-corrected chi connectivity index (χ3v) is 5.80. The number of aromatic nitrogens is 1. The highest BCUT2D eigenvalue weighted by atomic mass is 16.1. The van der Waals surface area contributed by atoms with Gasteiger partial charge in [0.2, 0.25) is 0 Å². The third kappa shape index (κ3) is 2.68. The average Bonchev–Trinajstić information content (AvgIpc) is 2.49. The lowest BCUT2D eigenvalue weighted by molar-refractivity contribution is 0.0967. The van der Waals surface area contributed by atoms with Gasteiger partial charge in [0.25, 0.3) is 5.56 Å². The highest BCUT2D eigenvalue weighted by Crippen LogP contribution is 2.36. The second kappa shape index (κ2) is 5.60. The number of rotatable bonds is 2. The lowest BCUT2D eigenvalue weighted by atomic mass is 9.82. The summed E-state index contributed by atoms with van der Waals surface area (Å²) in [5.74, 6) is 2.19. The molecule has 3 nitrogen and oxygen atoms in total. The maximum absolute atomic E-state index is 12.0. The number of nitrogens with zero attached hydrogens (tertiary/aromatic N) is 2. The zero-order valence-electron chi connectivity index (χ0n) is 12.8. The molecule has 2 fully saturated rings. The van der Waals surface area contributed by atoms with Crippen LogP contribution in [0.1, 0.15) is 50.1 Å². The van der Waals surface area contributed by atoms with Crippen LogP contribution in [0, 0.1) is 11.8 Å². The van der Waals surface area contributed by atoms with Crippen molar-refractivity contribution < 1.29 is 0 Å². The Kier molecular flexibility index (Phi) is 3.62. The summed E-state index contributed by atoms with van der Waals surface area (Å²) < 4.78 is 2.04. The molecule has 1 aromatic heterocycles. The van der Waals surface area contributed by atoms with E-state index in [4.69, 9.17) is 0 Å². The van der Waals surface area contributed by atoms with Gasteiger partial charge >= 0.3 is 0 Å². The topological polar surface area (TPSA) is 25.2 Å². The van der Waals surface area contributed by atoms with E-state index in [0.29, 0.717) is 11.8 Å². The molecule has 3 heterocycles. The highest BCUT2D eigenvalue weighted by Gasteiger charge is 2.35. The van der Waals surface area contributed by atoms with Crippen molar-refractivity contribution >= 4 is 0 Å². The summed E-state index contributed by atoms with van der Waals surface area (Å²) in [6.45, 7) is 4.60. The third-order valence-electron chi connectivity index (χ3n) is 5.80. The predicted molar refractivity (Wildman–Crippen MR) is 84.6 cm³/mol. The summed E-state index contributed by atoms with van der Waals surface area (Å²) in [5.41, 5.74) is 1.48. The number of piperidine rings is 1. The molecule has 114 valence electrons. The summed E-state index contributed by atoms with van der Waals surface area (Å²) in [6, 6.07) is 5.82. The minimum absolute atomic E-state index is 0.197. The van der Waals surface area contributed by atoms with E-state index in [9.17, 15) is 4.79 Å². The number of pyridine rings is 1. The van der Waals surface area contributed by atoms with Crippen molar-refractivity contribution in [3.63, 3.8) is 0 Å². The Labute approximate surface area is 127 Å². The van der Waals surface area contributed by atoms with Crippen molar-refractivity contribution in [3.8, 4) is 0 Å². The van der Waals surface area contributed by atoms with E-state index in [1.165, 1.54) is 57.3 Å². The van der Waals surface area contributed by atoms with Crippen LogP contribution < -0.4 is 5.56 Å². The van der Waals surface area contributed by atoms with Crippen LogP contribution in [0.25, 0.3) is 0 Å². The van der Waals surface area contributed by atoms with Gasteiger partial charge < -0.3 is 9.47 Å². The molecular formula is C18H26N2O. The standard InChI is InChI=1S/C18H26N2O/c21-18-8-4-7-17-16-9-15(12-20(17)18)11-19(13-16)10-14-5-2-1-3-6-14/h4,7-8,14-16H,1-3,5-6,9-13H2/t15-,16+/m0/s1. The van der Waals surface area contributed by atoms with Gasteiger partial charge in [0.05, 0.1) is 0 Å². The molecule has 0 amide bonds. The fourth-order valence-electron chi connectivity index (χ4n) is 4.88. The Morgan fingerprint density at radius 2 is 1.90 bits per heavy atom. The maximum atomic E-state index is 12.0. The number of hydrogen-bond donors (Lipinski definition) is 0. The second-order valence-corrected chi connectivity index (χ2v) is 7.42. The first-order chi connectivity index (χ1) is 10.3. The number of hydrogen-bond acceptors (Lipinski definition) is 2. The van der Waals surface area contributed by atoms with Crippen molar-refractivity contribution in [3.05, 3.63) is 34.2 Å². The van der Waals surface area contributed by atoms with Gasteiger partial charge in [-0.25, -0.2) is 0 Å². The normalized spacial score (nSPS) is 30.1. The number of fused-ring (bicyclic) bond motifs is 4. The van der Waals surface area contributed by atoms with Crippen LogP contribution >= 0.6 is 0 Å². The fourth-order valence-corrected chi connectivity index (χ4v) is 4.88. The molecule has 0 aromatic carbocycles. The largest absolute Gasteiger partial charge is 0.312 e. The minimum Gasteiger partial charge on any atom is -0.312 e. The van der Waals surface area contributed by atoms with Crippen LogP contribution in [-0.2, 0) is 6.54 Å². The summed E-state index contributed by atoms with van der Waals surface area (Å²) in [4.78, 5) is 14.7. The monoisotopic (exact) mass is 286 g/mol. The van der Waals surface area contributed by atoms with Gasteiger partial charge in [0.1, 0.15) is 0 Å². The van der Waals surface area contributed by atoms with E-state index in [1.54, 1.807) is 6.07 Å². The van der Waals surface area contributed by atoms with Crippen molar-refractivity contribution in [1.82, 2.24) is 9.47 Å². The molecule has 1 aliphatic carbocycles. The zero-order valence-corrected chi connectivity index (χ0v) is 12.8. The summed E-state index contributed by atoms with van der Waals surface area (Å²) in [6.07, 6.45) is 8.46. The highest BCUT2D eigenvalue weighted by molar-refractivity contribution is 5.16. The Morgan fingerprint density at radius 3 is 2.76 bits per heavy atom. The molecule has 3 aliphatic rings. The number of likely N-dealkylation sites (tertiary alicyclic amines) is 1. The summed E-state index contributed by atoms with van der Waals surface area (Å²) in [5, 5.41) is 0. The molecular weight excluding hydrogens is 260 g/mol. The first-order valence-corrected chi connectivity index (χ1v) is 8.71. The van der Waals surface area contributed by atoms with E-state index in [1.807, 2.05) is 10.6 Å². The lowest BCUT2D eigenvalue weighted by Crippen LogP contribution is -2.48. The molecule has 0 spiro atoms. The van der Waals surface area contributed by atoms with E-state index in [-0.39, 0.29) is 5.56 Å². The van der Waals surface area contributed by atoms with Crippen molar-refractivity contribution in [2.75, 3.05) is 19.6 Å². The molecule has 2 atom stereocenters. The molecule has 0 radical (unpaired) electrons. The molecule has 21 heavy (non-hydrogen) atoms. The molecule has 1 aromatic rings. The SMILES string of the molecule is O=c1cccc2n1C[C@H]1C[C@@H]2CN(CC2CCCCC2)C1. The van der Waals surface area contributed by atoms with Crippen LogP contribution in [0.3, 0.4) is 0 Å².